The van der Waals surface area contributed by atoms with Gasteiger partial charge in [0.2, 0.25) is 5.91 Å². The van der Waals surface area contributed by atoms with Crippen molar-refractivity contribution in [3.63, 3.8) is 0 Å². The maximum Gasteiger partial charge on any atom is 0.246 e. The number of fused-ring (bicyclic) bond motifs is 2. The third-order valence-corrected chi connectivity index (χ3v) is 7.26. The van der Waals surface area contributed by atoms with E-state index in [9.17, 15) is 4.79 Å². The zero-order chi connectivity index (χ0) is 26.9. The van der Waals surface area contributed by atoms with Gasteiger partial charge in [-0.25, -0.2) is 24.5 Å². The summed E-state index contributed by atoms with van der Waals surface area (Å²) < 4.78 is 1.76. The Kier molecular flexibility index (Phi) is 6.36. The summed E-state index contributed by atoms with van der Waals surface area (Å²) in [7, 11) is 0. The molecule has 196 valence electrons. The molecule has 1 atom stereocenters. The molecule has 5 aromatic rings. The molecular weight excluding hydrogens is 490 g/mol. The van der Waals surface area contributed by atoms with Crippen LogP contribution in [0.3, 0.4) is 0 Å². The molecule has 0 radical (unpaired) electrons. The molecule has 4 aromatic heterocycles. The summed E-state index contributed by atoms with van der Waals surface area (Å²) in [5.41, 5.74) is 6.17. The SMILES string of the molecule is C=CC(=O)N1CCN(c2cc3c(Nc4ccc(Cc5ccn6ncnc6c5)c(C)c4)ncnc3cn2)C[C@H]1C. The first-order chi connectivity index (χ1) is 19.0. The van der Waals surface area contributed by atoms with Gasteiger partial charge >= 0.3 is 0 Å². The average Bonchev–Trinajstić information content (AvgIpc) is 3.42. The summed E-state index contributed by atoms with van der Waals surface area (Å²) in [6.45, 7) is 9.80. The van der Waals surface area contributed by atoms with Gasteiger partial charge in [-0.2, -0.15) is 5.10 Å². The van der Waals surface area contributed by atoms with E-state index in [0.29, 0.717) is 19.6 Å². The molecule has 1 aliphatic heterocycles. The van der Waals surface area contributed by atoms with Crippen LogP contribution in [-0.4, -0.2) is 66.0 Å². The Bertz CT molecular complexity index is 1700. The predicted octanol–water partition coefficient (Wildman–Crippen LogP) is 3.93. The molecule has 5 heterocycles. The number of amides is 1. The molecule has 10 heteroatoms. The molecule has 1 N–H and O–H groups in total. The van der Waals surface area contributed by atoms with Crippen LogP contribution >= 0.6 is 0 Å². The fourth-order valence-corrected chi connectivity index (χ4v) is 5.13. The van der Waals surface area contributed by atoms with E-state index < -0.39 is 0 Å². The van der Waals surface area contributed by atoms with E-state index in [1.807, 2.05) is 24.1 Å². The third kappa shape index (κ3) is 4.88. The van der Waals surface area contributed by atoms with Crippen LogP contribution in [0.4, 0.5) is 17.3 Å². The van der Waals surface area contributed by atoms with Crippen molar-refractivity contribution < 1.29 is 4.79 Å². The quantitative estimate of drug-likeness (QED) is 0.337. The van der Waals surface area contributed by atoms with Crippen LogP contribution < -0.4 is 10.2 Å². The summed E-state index contributed by atoms with van der Waals surface area (Å²) in [5.74, 6) is 1.53. The molecule has 10 nitrogen and oxygen atoms in total. The van der Waals surface area contributed by atoms with Crippen molar-refractivity contribution in [1.29, 1.82) is 0 Å². The second kappa shape index (κ2) is 10.1. The van der Waals surface area contributed by atoms with Gasteiger partial charge in [-0.3, -0.25) is 4.79 Å². The minimum atomic E-state index is -0.0359. The van der Waals surface area contributed by atoms with Gasteiger partial charge in [-0.15, -0.1) is 0 Å². The molecule has 39 heavy (non-hydrogen) atoms. The van der Waals surface area contributed by atoms with E-state index in [-0.39, 0.29) is 11.9 Å². The Morgan fingerprint density at radius 1 is 1.10 bits per heavy atom. The van der Waals surface area contributed by atoms with E-state index in [1.54, 1.807) is 23.4 Å². The van der Waals surface area contributed by atoms with E-state index in [1.165, 1.54) is 22.8 Å². The van der Waals surface area contributed by atoms with Crippen LogP contribution in [-0.2, 0) is 11.2 Å². The summed E-state index contributed by atoms with van der Waals surface area (Å²) in [6, 6.07) is 12.6. The van der Waals surface area contributed by atoms with Crippen molar-refractivity contribution in [3.05, 3.63) is 90.8 Å². The lowest BCUT2D eigenvalue weighted by molar-refractivity contribution is -0.128. The Labute approximate surface area is 226 Å². The number of pyridine rings is 2. The zero-order valence-electron chi connectivity index (χ0n) is 21.9. The number of hydrogen-bond acceptors (Lipinski definition) is 8. The van der Waals surface area contributed by atoms with Crippen LogP contribution in [0.15, 0.2) is 74.1 Å². The normalized spacial score (nSPS) is 15.6. The third-order valence-electron chi connectivity index (χ3n) is 7.26. The lowest BCUT2D eigenvalue weighted by Gasteiger charge is -2.40. The Morgan fingerprint density at radius 3 is 2.82 bits per heavy atom. The number of carbonyl (C=O) groups is 1. The monoisotopic (exact) mass is 519 g/mol. The second-order valence-electron chi connectivity index (χ2n) is 9.85. The standard InChI is InChI=1S/C29H29N9O/c1-4-28(39)37-10-9-36(16-20(37)3)26-14-24-25(15-30-26)31-17-33-29(24)35-23-6-5-22(19(2)11-23)12-21-7-8-38-27(13-21)32-18-34-38/h4-8,11,13-15,17-18,20H,1,9-10,12,16H2,2-3H3,(H,31,33,35)/t20-/m1/s1. The first-order valence-electron chi connectivity index (χ1n) is 12.9. The largest absolute Gasteiger partial charge is 0.353 e. The molecule has 1 saturated heterocycles. The van der Waals surface area contributed by atoms with E-state index in [0.717, 1.165) is 40.3 Å². The number of anilines is 3. The number of aryl methyl sites for hydroxylation is 1. The van der Waals surface area contributed by atoms with Gasteiger partial charge < -0.3 is 15.1 Å². The number of aromatic nitrogens is 6. The highest BCUT2D eigenvalue weighted by molar-refractivity contribution is 5.92. The van der Waals surface area contributed by atoms with Gasteiger partial charge in [0, 0.05) is 42.9 Å². The molecule has 0 aliphatic carbocycles. The lowest BCUT2D eigenvalue weighted by Crippen LogP contribution is -2.53. The minimum absolute atomic E-state index is 0.0359. The van der Waals surface area contributed by atoms with Crippen molar-refractivity contribution in [2.24, 2.45) is 0 Å². The molecule has 6 rings (SSSR count). The van der Waals surface area contributed by atoms with E-state index in [2.05, 4.69) is 79.1 Å². The number of carbonyl (C=O) groups excluding carboxylic acids is 1. The highest BCUT2D eigenvalue weighted by atomic mass is 16.2. The maximum atomic E-state index is 12.1. The number of piperazine rings is 1. The van der Waals surface area contributed by atoms with Crippen molar-refractivity contribution in [2.45, 2.75) is 26.3 Å². The second-order valence-corrected chi connectivity index (χ2v) is 9.85. The Hall–Kier alpha value is -4.86. The van der Waals surface area contributed by atoms with Gasteiger partial charge in [0.15, 0.2) is 5.65 Å². The summed E-state index contributed by atoms with van der Waals surface area (Å²) in [5, 5.41) is 8.54. The summed E-state index contributed by atoms with van der Waals surface area (Å²) >= 11 is 0. The van der Waals surface area contributed by atoms with Crippen LogP contribution in [0, 0.1) is 6.92 Å². The highest BCUT2D eigenvalue weighted by Gasteiger charge is 2.27. The fourth-order valence-electron chi connectivity index (χ4n) is 5.13. The number of nitrogens with one attached hydrogen (secondary N) is 1. The Balaban J connectivity index is 1.22. The van der Waals surface area contributed by atoms with Gasteiger partial charge in [0.1, 0.15) is 24.3 Å². The predicted molar refractivity (Wildman–Crippen MR) is 151 cm³/mol. The molecule has 1 aliphatic rings. The molecule has 1 fully saturated rings. The van der Waals surface area contributed by atoms with Gasteiger partial charge in [0.05, 0.1) is 11.7 Å². The van der Waals surface area contributed by atoms with Gasteiger partial charge in [0.25, 0.3) is 0 Å². The average molecular weight is 520 g/mol. The number of rotatable bonds is 6. The number of benzene rings is 1. The van der Waals surface area contributed by atoms with Crippen molar-refractivity contribution in [3.8, 4) is 0 Å². The van der Waals surface area contributed by atoms with Gasteiger partial charge in [-0.1, -0.05) is 12.6 Å². The fraction of sp³-hybridized carbons (Fsp3) is 0.241. The maximum absolute atomic E-state index is 12.1. The smallest absolute Gasteiger partial charge is 0.246 e. The van der Waals surface area contributed by atoms with Crippen molar-refractivity contribution in [2.75, 3.05) is 29.9 Å². The number of hydrogen-bond donors (Lipinski definition) is 1. The molecule has 0 saturated carbocycles. The van der Waals surface area contributed by atoms with Crippen LogP contribution in [0.1, 0.15) is 23.6 Å². The van der Waals surface area contributed by atoms with E-state index >= 15 is 0 Å². The molecule has 0 spiro atoms. The molecule has 0 bridgehead atoms. The molecule has 1 amide bonds. The Morgan fingerprint density at radius 2 is 2.00 bits per heavy atom. The highest BCUT2D eigenvalue weighted by Crippen LogP contribution is 2.28. The van der Waals surface area contributed by atoms with Gasteiger partial charge in [-0.05, 0) is 73.4 Å². The van der Waals surface area contributed by atoms with Crippen molar-refractivity contribution in [1.82, 2.24) is 34.4 Å². The first-order valence-corrected chi connectivity index (χ1v) is 12.9. The van der Waals surface area contributed by atoms with Crippen LogP contribution in [0.25, 0.3) is 16.6 Å². The first kappa shape index (κ1) is 24.5. The summed E-state index contributed by atoms with van der Waals surface area (Å²) in [6.07, 6.45) is 9.02. The van der Waals surface area contributed by atoms with Crippen LogP contribution in [0.5, 0.6) is 0 Å². The number of nitrogens with zero attached hydrogens (tertiary/aromatic N) is 8. The topological polar surface area (TPSA) is 104 Å². The molecule has 0 unspecified atom stereocenters. The van der Waals surface area contributed by atoms with Crippen LogP contribution in [0.2, 0.25) is 0 Å². The molecule has 1 aromatic carbocycles. The lowest BCUT2D eigenvalue weighted by atomic mass is 10.0. The van der Waals surface area contributed by atoms with E-state index in [4.69, 9.17) is 0 Å². The minimum Gasteiger partial charge on any atom is -0.353 e. The molecular formula is C29H29N9O. The van der Waals surface area contributed by atoms with Crippen molar-refractivity contribution >= 4 is 39.8 Å². The zero-order valence-corrected chi connectivity index (χ0v) is 21.9. The summed E-state index contributed by atoms with van der Waals surface area (Å²) in [4.78, 5) is 34.1.